The quantitative estimate of drug-likeness (QED) is 0.630. The lowest BCUT2D eigenvalue weighted by Crippen LogP contribution is -2.32. The number of carbonyl (C=O) groups excluding carboxylic acids is 1. The average Bonchev–Trinajstić information content (AvgIpc) is 3.09. The highest BCUT2D eigenvalue weighted by molar-refractivity contribution is 6.30. The van der Waals surface area contributed by atoms with E-state index in [4.69, 9.17) is 11.6 Å². The largest absolute Gasteiger partial charge is 0.358 e. The van der Waals surface area contributed by atoms with Gasteiger partial charge in [0.05, 0.1) is 6.04 Å². The fourth-order valence-corrected chi connectivity index (χ4v) is 4.22. The van der Waals surface area contributed by atoms with Gasteiger partial charge in [0.2, 0.25) is 5.91 Å². The first-order valence-electron chi connectivity index (χ1n) is 9.27. The molecule has 0 radical (unpaired) electrons. The van der Waals surface area contributed by atoms with Crippen LogP contribution in [0.5, 0.6) is 0 Å². The van der Waals surface area contributed by atoms with E-state index >= 15 is 0 Å². The SMILES string of the molecule is CC1=C(C)[C@H](c2c(C)[nH]c3ccccc23)N(CCc2ccc(Cl)cc2)C1=O. The fraction of sp³-hybridized carbons (Fsp3) is 0.261. The van der Waals surface area contributed by atoms with E-state index in [1.54, 1.807) is 0 Å². The topological polar surface area (TPSA) is 36.1 Å². The highest BCUT2D eigenvalue weighted by Gasteiger charge is 2.37. The number of hydrogen-bond donors (Lipinski definition) is 1. The van der Waals surface area contributed by atoms with Crippen LogP contribution < -0.4 is 0 Å². The minimum Gasteiger partial charge on any atom is -0.358 e. The molecular formula is C23H23ClN2O. The Hall–Kier alpha value is -2.52. The van der Waals surface area contributed by atoms with Crippen LogP contribution in [-0.4, -0.2) is 22.3 Å². The number of benzene rings is 2. The van der Waals surface area contributed by atoms with Crippen LogP contribution in [0.2, 0.25) is 5.02 Å². The summed E-state index contributed by atoms with van der Waals surface area (Å²) in [6.45, 7) is 6.80. The summed E-state index contributed by atoms with van der Waals surface area (Å²) in [6, 6.07) is 16.2. The number of amides is 1. The van der Waals surface area contributed by atoms with Crippen molar-refractivity contribution in [3.63, 3.8) is 0 Å². The number of nitrogens with zero attached hydrogens (tertiary/aromatic N) is 1. The van der Waals surface area contributed by atoms with Gasteiger partial charge < -0.3 is 9.88 Å². The monoisotopic (exact) mass is 378 g/mol. The van der Waals surface area contributed by atoms with Crippen molar-refractivity contribution in [2.75, 3.05) is 6.54 Å². The van der Waals surface area contributed by atoms with Crippen molar-refractivity contribution >= 4 is 28.4 Å². The van der Waals surface area contributed by atoms with Crippen molar-refractivity contribution in [3.05, 3.63) is 81.5 Å². The normalized spacial score (nSPS) is 17.4. The lowest BCUT2D eigenvalue weighted by atomic mass is 9.96. The van der Waals surface area contributed by atoms with E-state index in [-0.39, 0.29) is 11.9 Å². The molecule has 0 aliphatic carbocycles. The molecule has 1 aromatic heterocycles. The Labute approximate surface area is 164 Å². The second kappa shape index (κ2) is 6.90. The number of hydrogen-bond acceptors (Lipinski definition) is 1. The molecule has 0 fully saturated rings. The first-order chi connectivity index (χ1) is 13.0. The molecule has 1 aliphatic heterocycles. The predicted molar refractivity (Wildman–Crippen MR) is 111 cm³/mol. The lowest BCUT2D eigenvalue weighted by molar-refractivity contribution is -0.127. The van der Waals surface area contributed by atoms with Crippen molar-refractivity contribution in [2.24, 2.45) is 0 Å². The highest BCUT2D eigenvalue weighted by Crippen LogP contribution is 2.41. The maximum Gasteiger partial charge on any atom is 0.250 e. The van der Waals surface area contributed by atoms with Gasteiger partial charge in [-0.15, -0.1) is 0 Å². The molecule has 27 heavy (non-hydrogen) atoms. The molecule has 1 atom stereocenters. The summed E-state index contributed by atoms with van der Waals surface area (Å²) >= 11 is 5.99. The Morgan fingerprint density at radius 2 is 1.74 bits per heavy atom. The van der Waals surface area contributed by atoms with Gasteiger partial charge >= 0.3 is 0 Å². The Balaban J connectivity index is 1.70. The Bertz CT molecular complexity index is 1050. The fourth-order valence-electron chi connectivity index (χ4n) is 4.09. The van der Waals surface area contributed by atoms with E-state index in [0.717, 1.165) is 33.8 Å². The Morgan fingerprint density at radius 3 is 2.48 bits per heavy atom. The molecule has 3 nitrogen and oxygen atoms in total. The summed E-state index contributed by atoms with van der Waals surface area (Å²) < 4.78 is 0. The van der Waals surface area contributed by atoms with Crippen LogP contribution in [0, 0.1) is 6.92 Å². The zero-order valence-corrected chi connectivity index (χ0v) is 16.6. The van der Waals surface area contributed by atoms with Gasteiger partial charge in [-0.2, -0.15) is 0 Å². The van der Waals surface area contributed by atoms with E-state index in [0.29, 0.717) is 6.54 Å². The number of carbonyl (C=O) groups is 1. The minimum absolute atomic E-state index is 0.0130. The van der Waals surface area contributed by atoms with Crippen molar-refractivity contribution in [2.45, 2.75) is 33.2 Å². The number of rotatable bonds is 4. The third kappa shape index (κ3) is 3.06. The molecule has 4 rings (SSSR count). The lowest BCUT2D eigenvalue weighted by Gasteiger charge is -2.27. The molecule has 3 aromatic rings. The number of para-hydroxylation sites is 1. The average molecular weight is 379 g/mol. The summed E-state index contributed by atoms with van der Waals surface area (Å²) in [5, 5.41) is 1.93. The summed E-state index contributed by atoms with van der Waals surface area (Å²) in [6.07, 6.45) is 0.807. The molecule has 0 saturated heterocycles. The van der Waals surface area contributed by atoms with Gasteiger partial charge in [-0.25, -0.2) is 0 Å². The molecule has 2 heterocycles. The van der Waals surface area contributed by atoms with Crippen molar-refractivity contribution < 1.29 is 4.79 Å². The van der Waals surface area contributed by atoms with Gasteiger partial charge in [-0.1, -0.05) is 41.9 Å². The van der Waals surface area contributed by atoms with E-state index < -0.39 is 0 Å². The zero-order valence-electron chi connectivity index (χ0n) is 15.8. The molecule has 0 saturated carbocycles. The second-order valence-electron chi connectivity index (χ2n) is 7.29. The molecule has 2 aromatic carbocycles. The smallest absolute Gasteiger partial charge is 0.250 e. The van der Waals surface area contributed by atoms with E-state index in [2.05, 4.69) is 37.0 Å². The van der Waals surface area contributed by atoms with Crippen LogP contribution in [-0.2, 0) is 11.2 Å². The number of nitrogens with one attached hydrogen (secondary N) is 1. The van der Waals surface area contributed by atoms with E-state index in [9.17, 15) is 4.79 Å². The molecule has 1 amide bonds. The molecule has 1 aliphatic rings. The molecule has 138 valence electrons. The second-order valence-corrected chi connectivity index (χ2v) is 7.73. The van der Waals surface area contributed by atoms with Crippen LogP contribution in [0.4, 0.5) is 0 Å². The molecular weight excluding hydrogens is 356 g/mol. The maximum atomic E-state index is 13.0. The summed E-state index contributed by atoms with van der Waals surface area (Å²) in [4.78, 5) is 18.5. The van der Waals surface area contributed by atoms with Gasteiger partial charge in [0.1, 0.15) is 0 Å². The Kier molecular flexibility index (Phi) is 4.56. The van der Waals surface area contributed by atoms with Gasteiger partial charge in [0.15, 0.2) is 0 Å². The molecule has 0 unspecified atom stereocenters. The molecule has 0 bridgehead atoms. The van der Waals surface area contributed by atoms with Crippen LogP contribution in [0.15, 0.2) is 59.7 Å². The van der Waals surface area contributed by atoms with Crippen LogP contribution >= 0.6 is 11.6 Å². The first kappa shape index (κ1) is 17.9. The molecule has 4 heteroatoms. The summed E-state index contributed by atoms with van der Waals surface area (Å²) in [7, 11) is 0. The van der Waals surface area contributed by atoms with Gasteiger partial charge in [-0.3, -0.25) is 4.79 Å². The third-order valence-electron chi connectivity index (χ3n) is 5.67. The van der Waals surface area contributed by atoms with E-state index in [1.807, 2.05) is 42.2 Å². The van der Waals surface area contributed by atoms with Crippen LogP contribution in [0.25, 0.3) is 10.9 Å². The van der Waals surface area contributed by atoms with Gasteiger partial charge in [0.25, 0.3) is 0 Å². The minimum atomic E-state index is -0.0130. The van der Waals surface area contributed by atoms with Gasteiger partial charge in [-0.05, 0) is 56.5 Å². The van der Waals surface area contributed by atoms with Crippen molar-refractivity contribution in [3.8, 4) is 0 Å². The Morgan fingerprint density at radius 1 is 1.04 bits per heavy atom. The highest BCUT2D eigenvalue weighted by atomic mass is 35.5. The predicted octanol–water partition coefficient (Wildman–Crippen LogP) is 5.59. The zero-order chi connectivity index (χ0) is 19.1. The summed E-state index contributed by atoms with van der Waals surface area (Å²) in [5.74, 6) is 0.135. The molecule has 1 N–H and O–H groups in total. The van der Waals surface area contributed by atoms with E-state index in [1.165, 1.54) is 16.5 Å². The number of halogens is 1. The van der Waals surface area contributed by atoms with Crippen LogP contribution in [0.3, 0.4) is 0 Å². The van der Waals surface area contributed by atoms with Crippen LogP contribution in [0.1, 0.15) is 36.7 Å². The molecule has 0 spiro atoms. The standard InChI is InChI=1S/C23H23ClN2O/c1-14-15(2)23(27)26(13-12-17-8-10-18(24)11-9-17)22(14)21-16(3)25-20-7-5-4-6-19(20)21/h4-11,22,25H,12-13H2,1-3H3/t22-/m1/s1. The van der Waals surface area contributed by atoms with Gasteiger partial charge in [0, 0.05) is 39.3 Å². The third-order valence-corrected chi connectivity index (χ3v) is 5.92. The van der Waals surface area contributed by atoms with Crippen molar-refractivity contribution in [1.29, 1.82) is 0 Å². The van der Waals surface area contributed by atoms with Crippen molar-refractivity contribution in [1.82, 2.24) is 9.88 Å². The number of aryl methyl sites for hydroxylation is 1. The maximum absolute atomic E-state index is 13.0. The number of fused-ring (bicyclic) bond motifs is 1. The first-order valence-corrected chi connectivity index (χ1v) is 9.65. The number of aromatic nitrogens is 1. The number of H-pyrrole nitrogens is 1. The summed E-state index contributed by atoms with van der Waals surface area (Å²) in [5.41, 5.74) is 6.64. The number of aromatic amines is 1.